The average Bonchev–Trinajstić information content (AvgIpc) is 2.15. The van der Waals surface area contributed by atoms with Crippen molar-refractivity contribution in [3.05, 3.63) is 11.9 Å². The second-order valence-electron chi connectivity index (χ2n) is 2.16. The molecule has 0 saturated carbocycles. The molecule has 1 heterocycles. The Balaban J connectivity index is 2.65. The molecule has 5 heteroatoms. The molecule has 0 aliphatic heterocycles. The lowest BCUT2D eigenvalue weighted by Crippen LogP contribution is -2.14. The quantitative estimate of drug-likeness (QED) is 0.573. The first-order valence-corrected chi connectivity index (χ1v) is 2.93. The fourth-order valence-electron chi connectivity index (χ4n) is 0.689. The minimum absolute atomic E-state index is 0.448. The minimum atomic E-state index is 0.448. The van der Waals surface area contributed by atoms with E-state index in [1.165, 1.54) is 0 Å². The van der Waals surface area contributed by atoms with E-state index in [4.69, 9.17) is 5.21 Å². The maximum atomic E-state index is 8.81. The van der Waals surface area contributed by atoms with Gasteiger partial charge in [0.25, 0.3) is 0 Å². The predicted octanol–water partition coefficient (Wildman–Crippen LogP) is -0.364. The van der Waals surface area contributed by atoms with E-state index in [0.717, 1.165) is 10.8 Å². The highest BCUT2D eigenvalue weighted by Gasteiger charge is 2.00. The van der Waals surface area contributed by atoms with Gasteiger partial charge in [-0.2, -0.15) is 5.06 Å². The van der Waals surface area contributed by atoms with E-state index in [2.05, 4.69) is 10.3 Å². The van der Waals surface area contributed by atoms with Crippen molar-refractivity contribution < 1.29 is 5.21 Å². The summed E-state index contributed by atoms with van der Waals surface area (Å²) in [5.41, 5.74) is 0.880. The molecule has 0 fully saturated rings. The molecule has 0 amide bonds. The second kappa shape index (κ2) is 2.76. The molecule has 0 aliphatic rings. The van der Waals surface area contributed by atoms with E-state index in [0.29, 0.717) is 6.54 Å². The number of aryl methyl sites for hydroxylation is 1. The summed E-state index contributed by atoms with van der Waals surface area (Å²) in [6.45, 7) is 0.448. The number of hydrogen-bond donors (Lipinski definition) is 1. The number of nitrogens with zero attached hydrogens (tertiary/aromatic N) is 4. The van der Waals surface area contributed by atoms with Gasteiger partial charge in [0.05, 0.1) is 18.4 Å². The molecule has 0 bridgehead atoms. The Labute approximate surface area is 58.8 Å². The fourth-order valence-corrected chi connectivity index (χ4v) is 0.689. The van der Waals surface area contributed by atoms with E-state index in [-0.39, 0.29) is 0 Å². The minimum Gasteiger partial charge on any atom is -0.314 e. The first-order valence-electron chi connectivity index (χ1n) is 2.93. The predicted molar refractivity (Wildman–Crippen MR) is 34.3 cm³/mol. The monoisotopic (exact) mass is 142 g/mol. The Hall–Kier alpha value is -0.940. The summed E-state index contributed by atoms with van der Waals surface area (Å²) in [5, 5.41) is 17.2. The Morgan fingerprint density at radius 1 is 1.80 bits per heavy atom. The van der Waals surface area contributed by atoms with Gasteiger partial charge in [-0.25, -0.2) is 0 Å². The molecular weight excluding hydrogens is 132 g/mol. The highest BCUT2D eigenvalue weighted by Crippen LogP contribution is 1.95. The Bertz CT molecular complexity index is 207. The van der Waals surface area contributed by atoms with Crippen molar-refractivity contribution in [3.8, 4) is 0 Å². The molecule has 0 aliphatic carbocycles. The number of aromatic nitrogens is 3. The van der Waals surface area contributed by atoms with Crippen LogP contribution in [0.2, 0.25) is 0 Å². The molecule has 0 unspecified atom stereocenters. The number of rotatable bonds is 2. The van der Waals surface area contributed by atoms with Crippen LogP contribution in [0.4, 0.5) is 0 Å². The summed E-state index contributed by atoms with van der Waals surface area (Å²) in [6, 6.07) is 0. The standard InChI is InChI=1S/C5H10N4O/c1-8(10)4-5-3-6-7-9(5)2/h3,10H,4H2,1-2H3. The highest BCUT2D eigenvalue weighted by molar-refractivity contribution is 4.91. The van der Waals surface area contributed by atoms with Crippen molar-refractivity contribution in [1.82, 2.24) is 20.1 Å². The van der Waals surface area contributed by atoms with Crippen LogP contribution >= 0.6 is 0 Å². The first kappa shape index (κ1) is 7.17. The van der Waals surface area contributed by atoms with Crippen LogP contribution in [-0.4, -0.2) is 32.3 Å². The maximum Gasteiger partial charge on any atom is 0.0748 e. The van der Waals surface area contributed by atoms with E-state index in [9.17, 15) is 0 Å². The third kappa shape index (κ3) is 1.52. The van der Waals surface area contributed by atoms with Crippen molar-refractivity contribution in [2.24, 2.45) is 7.05 Å². The van der Waals surface area contributed by atoms with Crippen LogP contribution in [-0.2, 0) is 13.6 Å². The molecule has 56 valence electrons. The lowest BCUT2D eigenvalue weighted by molar-refractivity contribution is -0.0748. The Kier molecular flexibility index (Phi) is 1.98. The summed E-state index contributed by atoms with van der Waals surface area (Å²) >= 11 is 0. The molecular formula is C5H10N4O. The van der Waals surface area contributed by atoms with Crippen LogP contribution in [0.15, 0.2) is 6.20 Å². The van der Waals surface area contributed by atoms with Crippen LogP contribution in [0.1, 0.15) is 5.69 Å². The van der Waals surface area contributed by atoms with Crippen molar-refractivity contribution in [3.63, 3.8) is 0 Å². The zero-order valence-corrected chi connectivity index (χ0v) is 6.02. The molecule has 10 heavy (non-hydrogen) atoms. The summed E-state index contributed by atoms with van der Waals surface area (Å²) in [5.74, 6) is 0. The third-order valence-corrected chi connectivity index (χ3v) is 1.20. The molecule has 0 atom stereocenters. The van der Waals surface area contributed by atoms with Crippen molar-refractivity contribution in [2.75, 3.05) is 7.05 Å². The molecule has 1 rings (SSSR count). The van der Waals surface area contributed by atoms with Gasteiger partial charge in [0.15, 0.2) is 0 Å². The lowest BCUT2D eigenvalue weighted by atomic mass is 10.5. The second-order valence-corrected chi connectivity index (χ2v) is 2.16. The van der Waals surface area contributed by atoms with Crippen LogP contribution in [0, 0.1) is 0 Å². The molecule has 0 spiro atoms. The van der Waals surface area contributed by atoms with E-state index < -0.39 is 0 Å². The van der Waals surface area contributed by atoms with Gasteiger partial charge in [0.2, 0.25) is 0 Å². The lowest BCUT2D eigenvalue weighted by Gasteiger charge is -2.05. The van der Waals surface area contributed by atoms with Gasteiger partial charge in [-0.3, -0.25) is 4.68 Å². The summed E-state index contributed by atoms with van der Waals surface area (Å²) in [4.78, 5) is 0. The molecule has 1 aromatic rings. The van der Waals surface area contributed by atoms with Gasteiger partial charge in [0.1, 0.15) is 0 Å². The van der Waals surface area contributed by atoms with Crippen LogP contribution in [0.5, 0.6) is 0 Å². The first-order chi connectivity index (χ1) is 4.70. The van der Waals surface area contributed by atoms with Gasteiger partial charge < -0.3 is 5.21 Å². The third-order valence-electron chi connectivity index (χ3n) is 1.20. The van der Waals surface area contributed by atoms with Gasteiger partial charge in [0, 0.05) is 14.1 Å². The number of hydroxylamine groups is 2. The molecule has 1 N–H and O–H groups in total. The van der Waals surface area contributed by atoms with Gasteiger partial charge in [-0.15, -0.1) is 5.10 Å². The zero-order chi connectivity index (χ0) is 7.56. The largest absolute Gasteiger partial charge is 0.314 e. The molecule has 1 aromatic heterocycles. The molecule has 0 saturated heterocycles. The average molecular weight is 142 g/mol. The Morgan fingerprint density at radius 3 is 2.90 bits per heavy atom. The topological polar surface area (TPSA) is 54.2 Å². The SMILES string of the molecule is CN(O)Cc1cnnn1C. The summed E-state index contributed by atoms with van der Waals surface area (Å²) < 4.78 is 1.62. The highest BCUT2D eigenvalue weighted by atomic mass is 16.5. The summed E-state index contributed by atoms with van der Waals surface area (Å²) in [6.07, 6.45) is 1.62. The smallest absolute Gasteiger partial charge is 0.0748 e. The van der Waals surface area contributed by atoms with Crippen molar-refractivity contribution in [1.29, 1.82) is 0 Å². The molecule has 0 aromatic carbocycles. The molecule has 0 radical (unpaired) electrons. The van der Waals surface area contributed by atoms with Crippen molar-refractivity contribution >= 4 is 0 Å². The molecule has 5 nitrogen and oxygen atoms in total. The number of hydrogen-bond acceptors (Lipinski definition) is 4. The van der Waals surface area contributed by atoms with Gasteiger partial charge in [-0.05, 0) is 0 Å². The maximum absolute atomic E-state index is 8.81. The van der Waals surface area contributed by atoms with Gasteiger partial charge in [-0.1, -0.05) is 5.21 Å². The normalized spacial score (nSPS) is 10.8. The van der Waals surface area contributed by atoms with E-state index >= 15 is 0 Å². The zero-order valence-electron chi connectivity index (χ0n) is 6.02. The van der Waals surface area contributed by atoms with E-state index in [1.807, 2.05) is 0 Å². The summed E-state index contributed by atoms with van der Waals surface area (Å²) in [7, 11) is 3.36. The van der Waals surface area contributed by atoms with Gasteiger partial charge >= 0.3 is 0 Å². The Morgan fingerprint density at radius 2 is 2.50 bits per heavy atom. The van der Waals surface area contributed by atoms with Crippen LogP contribution < -0.4 is 0 Å². The van der Waals surface area contributed by atoms with E-state index in [1.54, 1.807) is 25.0 Å². The van der Waals surface area contributed by atoms with Crippen LogP contribution in [0.3, 0.4) is 0 Å². The van der Waals surface area contributed by atoms with Crippen LogP contribution in [0.25, 0.3) is 0 Å². The fraction of sp³-hybridized carbons (Fsp3) is 0.600. The van der Waals surface area contributed by atoms with Crippen molar-refractivity contribution in [2.45, 2.75) is 6.54 Å².